The van der Waals surface area contributed by atoms with E-state index in [1.165, 1.54) is 7.11 Å². The van der Waals surface area contributed by atoms with E-state index in [1.807, 2.05) is 6.07 Å². The van der Waals surface area contributed by atoms with Crippen molar-refractivity contribution in [1.29, 1.82) is 0 Å². The number of carbonyl (C=O) groups is 2. The zero-order valence-corrected chi connectivity index (χ0v) is 18.6. The summed E-state index contributed by atoms with van der Waals surface area (Å²) in [5.41, 5.74) is 1.71. The number of hydrogen-bond donors (Lipinski definition) is 0. The van der Waals surface area contributed by atoms with Crippen LogP contribution in [0.25, 0.3) is 11.0 Å². The van der Waals surface area contributed by atoms with Crippen molar-refractivity contribution < 1.29 is 28.2 Å². The van der Waals surface area contributed by atoms with E-state index < -0.39 is 0 Å². The Kier molecular flexibility index (Phi) is 5.94. The number of nitrogens with zero attached hydrogens (tertiary/aromatic N) is 2. The summed E-state index contributed by atoms with van der Waals surface area (Å²) in [5.74, 6) is 2.10. The Balaban J connectivity index is 1.48. The number of hydrogen-bond acceptors (Lipinski definition) is 6. The third-order valence-electron chi connectivity index (χ3n) is 5.77. The van der Waals surface area contributed by atoms with Crippen LogP contribution in [0.15, 0.2) is 40.8 Å². The zero-order chi connectivity index (χ0) is 22.8. The van der Waals surface area contributed by atoms with E-state index in [-0.39, 0.29) is 11.8 Å². The predicted molar refractivity (Wildman–Crippen MR) is 119 cm³/mol. The minimum Gasteiger partial charge on any atom is -0.497 e. The quantitative estimate of drug-likeness (QED) is 0.608. The number of ether oxygens (including phenoxy) is 3. The van der Waals surface area contributed by atoms with Gasteiger partial charge in [0.2, 0.25) is 0 Å². The van der Waals surface area contributed by atoms with Crippen LogP contribution in [-0.2, 0) is 0 Å². The fourth-order valence-electron chi connectivity index (χ4n) is 4.01. The summed E-state index contributed by atoms with van der Waals surface area (Å²) in [6.45, 7) is 3.55. The lowest BCUT2D eigenvalue weighted by molar-refractivity contribution is 0.0535. The lowest BCUT2D eigenvalue weighted by Crippen LogP contribution is -2.50. The van der Waals surface area contributed by atoms with Gasteiger partial charge in [0.15, 0.2) is 11.5 Å². The molecule has 2 amide bonds. The molecule has 168 valence electrons. The first kappa shape index (κ1) is 21.5. The molecular formula is C24H26N2O6. The molecule has 1 aliphatic heterocycles. The highest BCUT2D eigenvalue weighted by Gasteiger charge is 2.29. The third kappa shape index (κ3) is 3.84. The van der Waals surface area contributed by atoms with Crippen LogP contribution in [0, 0.1) is 6.92 Å². The average Bonchev–Trinajstić information content (AvgIpc) is 3.17. The van der Waals surface area contributed by atoms with Gasteiger partial charge >= 0.3 is 0 Å². The number of rotatable bonds is 5. The second-order valence-corrected chi connectivity index (χ2v) is 7.55. The maximum absolute atomic E-state index is 13.3. The van der Waals surface area contributed by atoms with Crippen molar-refractivity contribution in [1.82, 2.24) is 9.80 Å². The number of amides is 2. The van der Waals surface area contributed by atoms with Crippen molar-refractivity contribution in [2.45, 2.75) is 6.92 Å². The van der Waals surface area contributed by atoms with Gasteiger partial charge in [0, 0.05) is 37.1 Å². The summed E-state index contributed by atoms with van der Waals surface area (Å²) in [5, 5.41) is 0.732. The van der Waals surface area contributed by atoms with Gasteiger partial charge in [-0.05, 0) is 43.3 Å². The summed E-state index contributed by atoms with van der Waals surface area (Å²) in [6.07, 6.45) is 0. The highest BCUT2D eigenvalue weighted by atomic mass is 16.5. The van der Waals surface area contributed by atoms with Gasteiger partial charge in [-0.15, -0.1) is 0 Å². The number of piperazine rings is 1. The normalized spacial score (nSPS) is 13.9. The van der Waals surface area contributed by atoms with E-state index >= 15 is 0 Å². The Morgan fingerprint density at radius 1 is 0.812 bits per heavy atom. The van der Waals surface area contributed by atoms with Gasteiger partial charge in [0.05, 0.1) is 26.9 Å². The molecule has 1 aromatic heterocycles. The summed E-state index contributed by atoms with van der Waals surface area (Å²) < 4.78 is 21.6. The molecule has 0 atom stereocenters. The van der Waals surface area contributed by atoms with Crippen molar-refractivity contribution in [2.24, 2.45) is 0 Å². The predicted octanol–water partition coefficient (Wildman–Crippen LogP) is 3.37. The van der Waals surface area contributed by atoms with Gasteiger partial charge in [0.25, 0.3) is 11.8 Å². The minimum atomic E-state index is -0.104. The molecule has 0 radical (unpaired) electrons. The second kappa shape index (κ2) is 8.82. The van der Waals surface area contributed by atoms with Gasteiger partial charge in [0.1, 0.15) is 17.1 Å². The molecule has 0 bridgehead atoms. The Labute approximate surface area is 186 Å². The molecule has 2 heterocycles. The lowest BCUT2D eigenvalue weighted by atomic mass is 10.1. The smallest absolute Gasteiger partial charge is 0.258 e. The maximum atomic E-state index is 13.3. The minimum absolute atomic E-state index is 0.104. The third-order valence-corrected chi connectivity index (χ3v) is 5.77. The SMILES string of the molecule is COc1ccc2oc(C)c(C(=O)N3CCN(C(=O)c4ccc(OC)c(OC)c4)CC3)c2c1. The van der Waals surface area contributed by atoms with E-state index in [0.29, 0.717) is 65.9 Å². The van der Waals surface area contributed by atoms with Gasteiger partial charge in [-0.1, -0.05) is 0 Å². The van der Waals surface area contributed by atoms with Crippen LogP contribution in [-0.4, -0.2) is 69.1 Å². The van der Waals surface area contributed by atoms with Crippen LogP contribution in [0.4, 0.5) is 0 Å². The first-order valence-corrected chi connectivity index (χ1v) is 10.3. The molecule has 2 aromatic carbocycles. The number of aryl methyl sites for hydroxylation is 1. The monoisotopic (exact) mass is 438 g/mol. The van der Waals surface area contributed by atoms with E-state index in [1.54, 1.807) is 61.3 Å². The number of carbonyl (C=O) groups excluding carboxylic acids is 2. The molecule has 1 aliphatic rings. The highest BCUT2D eigenvalue weighted by Crippen LogP contribution is 2.31. The van der Waals surface area contributed by atoms with E-state index in [0.717, 1.165) is 5.39 Å². The summed E-state index contributed by atoms with van der Waals surface area (Å²) in [7, 11) is 4.68. The summed E-state index contributed by atoms with van der Waals surface area (Å²) in [4.78, 5) is 29.8. The van der Waals surface area contributed by atoms with E-state index in [2.05, 4.69) is 0 Å². The Bertz CT molecular complexity index is 1160. The number of benzene rings is 2. The molecule has 0 unspecified atom stereocenters. The molecule has 1 saturated heterocycles. The topological polar surface area (TPSA) is 81.5 Å². The van der Waals surface area contributed by atoms with Crippen LogP contribution in [0.3, 0.4) is 0 Å². The average molecular weight is 438 g/mol. The molecule has 8 heteroatoms. The summed E-state index contributed by atoms with van der Waals surface area (Å²) in [6, 6.07) is 10.5. The lowest BCUT2D eigenvalue weighted by Gasteiger charge is -2.35. The molecule has 3 aromatic rings. The number of methoxy groups -OCH3 is 3. The molecule has 0 N–H and O–H groups in total. The molecule has 0 spiro atoms. The molecule has 1 fully saturated rings. The van der Waals surface area contributed by atoms with Gasteiger partial charge < -0.3 is 28.4 Å². The molecule has 8 nitrogen and oxygen atoms in total. The number of fused-ring (bicyclic) bond motifs is 1. The highest BCUT2D eigenvalue weighted by molar-refractivity contribution is 6.07. The van der Waals surface area contributed by atoms with Crippen LogP contribution in [0.5, 0.6) is 17.2 Å². The van der Waals surface area contributed by atoms with Crippen molar-refractivity contribution in [3.63, 3.8) is 0 Å². The molecule has 4 rings (SSSR count). The van der Waals surface area contributed by atoms with E-state index in [9.17, 15) is 9.59 Å². The maximum Gasteiger partial charge on any atom is 0.258 e. The van der Waals surface area contributed by atoms with Crippen LogP contribution < -0.4 is 14.2 Å². The first-order chi connectivity index (χ1) is 15.5. The number of furan rings is 1. The van der Waals surface area contributed by atoms with Gasteiger partial charge in [-0.3, -0.25) is 9.59 Å². The fraction of sp³-hybridized carbons (Fsp3) is 0.333. The van der Waals surface area contributed by atoms with Crippen LogP contribution in [0.2, 0.25) is 0 Å². The van der Waals surface area contributed by atoms with Gasteiger partial charge in [-0.2, -0.15) is 0 Å². The standard InChI is InChI=1S/C24H26N2O6/c1-15-22(18-14-17(29-2)6-8-19(18)32-15)24(28)26-11-9-25(10-12-26)23(27)16-5-7-20(30-3)21(13-16)31-4/h5-8,13-14H,9-12H2,1-4H3. The molecule has 32 heavy (non-hydrogen) atoms. The molecule has 0 aliphatic carbocycles. The van der Waals surface area contributed by atoms with Crippen molar-refractivity contribution in [3.05, 3.63) is 53.3 Å². The van der Waals surface area contributed by atoms with Crippen molar-refractivity contribution >= 4 is 22.8 Å². The largest absolute Gasteiger partial charge is 0.497 e. The zero-order valence-electron chi connectivity index (χ0n) is 18.6. The Morgan fingerprint density at radius 2 is 1.47 bits per heavy atom. The van der Waals surface area contributed by atoms with Gasteiger partial charge in [-0.25, -0.2) is 0 Å². The first-order valence-electron chi connectivity index (χ1n) is 10.3. The van der Waals surface area contributed by atoms with Crippen molar-refractivity contribution in [2.75, 3.05) is 47.5 Å². The fourth-order valence-corrected chi connectivity index (χ4v) is 4.01. The van der Waals surface area contributed by atoms with Crippen molar-refractivity contribution in [3.8, 4) is 17.2 Å². The molecule has 0 saturated carbocycles. The van der Waals surface area contributed by atoms with Crippen LogP contribution in [0.1, 0.15) is 26.5 Å². The molecular weight excluding hydrogens is 412 g/mol. The second-order valence-electron chi connectivity index (χ2n) is 7.55. The summed E-state index contributed by atoms with van der Waals surface area (Å²) >= 11 is 0. The Morgan fingerprint density at radius 3 is 2.09 bits per heavy atom. The van der Waals surface area contributed by atoms with E-state index in [4.69, 9.17) is 18.6 Å². The van der Waals surface area contributed by atoms with Crippen LogP contribution >= 0.6 is 0 Å². The Hall–Kier alpha value is -3.68.